The monoisotopic (exact) mass is 577 g/mol. The fourth-order valence-electron chi connectivity index (χ4n) is 7.16. The minimum Gasteiger partial charge on any atom is -0.458 e. The molecule has 0 saturated heterocycles. The van der Waals surface area contributed by atoms with Gasteiger partial charge in [-0.25, -0.2) is 0 Å². The summed E-state index contributed by atoms with van der Waals surface area (Å²) in [5, 5.41) is 4.32. The van der Waals surface area contributed by atoms with Crippen LogP contribution < -0.4 is 30.8 Å². The lowest BCUT2D eigenvalue weighted by Crippen LogP contribution is -2.57. The Morgan fingerprint density at radius 1 is 0.444 bits per heavy atom. The van der Waals surface area contributed by atoms with Crippen LogP contribution >= 0.6 is 0 Å². The molecule has 2 aliphatic rings. The molecule has 8 aromatic rings. The van der Waals surface area contributed by atoms with Gasteiger partial charge in [0.15, 0.2) is 0 Å². The fourth-order valence-corrected chi connectivity index (χ4v) is 7.16. The molecule has 2 aliphatic heterocycles. The van der Waals surface area contributed by atoms with Crippen LogP contribution in [0.1, 0.15) is 0 Å². The van der Waals surface area contributed by atoms with E-state index in [1.165, 1.54) is 0 Å². The summed E-state index contributed by atoms with van der Waals surface area (Å²) in [6, 6.07) is 50.6. The number of rotatable bonds is 3. The molecule has 210 valence electrons. The highest BCUT2D eigenvalue weighted by atomic mass is 16.5. The summed E-state index contributed by atoms with van der Waals surface area (Å²) in [6.45, 7) is 0.00349. The van der Waals surface area contributed by atoms with Crippen molar-refractivity contribution < 1.29 is 13.9 Å². The van der Waals surface area contributed by atoms with Crippen LogP contribution in [-0.4, -0.2) is 6.71 Å². The summed E-state index contributed by atoms with van der Waals surface area (Å²) >= 11 is 0. The van der Waals surface area contributed by atoms with Gasteiger partial charge in [0.2, 0.25) is 0 Å². The van der Waals surface area contributed by atoms with Gasteiger partial charge in [0.25, 0.3) is 6.71 Å². The zero-order valence-electron chi connectivity index (χ0n) is 24.1. The van der Waals surface area contributed by atoms with E-state index in [4.69, 9.17) is 13.9 Å². The number of fused-ring (bicyclic) bond motifs is 9. The van der Waals surface area contributed by atoms with Gasteiger partial charge in [-0.2, -0.15) is 0 Å². The predicted molar refractivity (Wildman–Crippen MR) is 184 cm³/mol. The van der Waals surface area contributed by atoms with Crippen molar-refractivity contribution in [2.75, 3.05) is 4.90 Å². The van der Waals surface area contributed by atoms with E-state index in [9.17, 15) is 0 Å². The van der Waals surface area contributed by atoms with Crippen molar-refractivity contribution in [1.29, 1.82) is 0 Å². The van der Waals surface area contributed by atoms with Gasteiger partial charge >= 0.3 is 0 Å². The molecule has 45 heavy (non-hydrogen) atoms. The Labute approximate surface area is 259 Å². The van der Waals surface area contributed by atoms with E-state index in [2.05, 4.69) is 108 Å². The smallest absolute Gasteiger partial charge is 0.260 e. The zero-order chi connectivity index (χ0) is 29.5. The molecular weight excluding hydrogens is 553 g/mol. The molecular formula is C40H24BNO3. The molecule has 0 unspecified atom stereocenters. The molecule has 0 atom stereocenters. The van der Waals surface area contributed by atoms with E-state index >= 15 is 0 Å². The Morgan fingerprint density at radius 2 is 1.11 bits per heavy atom. The highest BCUT2D eigenvalue weighted by Gasteiger charge is 2.40. The number of furan rings is 1. The average molecular weight is 577 g/mol. The van der Waals surface area contributed by atoms with E-state index < -0.39 is 0 Å². The molecule has 10 rings (SSSR count). The molecule has 5 heteroatoms. The van der Waals surface area contributed by atoms with Gasteiger partial charge in [-0.3, -0.25) is 0 Å². The zero-order valence-corrected chi connectivity index (χ0v) is 24.1. The maximum Gasteiger partial charge on any atom is 0.260 e. The molecule has 0 spiro atoms. The normalized spacial score (nSPS) is 12.8. The van der Waals surface area contributed by atoms with Gasteiger partial charge in [-0.05, 0) is 95.2 Å². The average Bonchev–Trinajstić information content (AvgIpc) is 3.46. The number of nitrogens with zero attached hydrogens (tertiary/aromatic N) is 1. The first-order chi connectivity index (χ1) is 22.3. The maximum atomic E-state index is 6.72. The van der Waals surface area contributed by atoms with Crippen molar-refractivity contribution in [2.24, 2.45) is 0 Å². The molecule has 7 aromatic carbocycles. The lowest BCUT2D eigenvalue weighted by molar-refractivity contribution is 0.465. The van der Waals surface area contributed by atoms with E-state index in [0.29, 0.717) is 0 Å². The van der Waals surface area contributed by atoms with Crippen LogP contribution in [0.4, 0.5) is 17.1 Å². The van der Waals surface area contributed by atoms with E-state index in [1.807, 2.05) is 42.5 Å². The standard InChI is InChI=1S/C40H24BNO3/c1-3-10-26(11-4-1)42(27-12-5-2-6-13-27)28-19-21-29-25(22-28)18-20-30-31-23-38-33(24-37(31)45-40(29)30)41-32-14-7-8-15-34(32)43-35-16-9-17-36(44-38)39(35)41/h1-24H. The highest BCUT2D eigenvalue weighted by molar-refractivity contribution is 6.98. The van der Waals surface area contributed by atoms with Crippen LogP contribution in [0.15, 0.2) is 150 Å². The molecule has 4 nitrogen and oxygen atoms in total. The molecule has 3 heterocycles. The van der Waals surface area contributed by atoms with Crippen molar-refractivity contribution in [1.82, 2.24) is 0 Å². The van der Waals surface area contributed by atoms with Crippen molar-refractivity contribution >= 4 is 72.9 Å². The first-order valence-corrected chi connectivity index (χ1v) is 15.2. The summed E-state index contributed by atoms with van der Waals surface area (Å²) in [7, 11) is 0. The van der Waals surface area contributed by atoms with Crippen LogP contribution in [-0.2, 0) is 0 Å². The summed E-state index contributed by atoms with van der Waals surface area (Å²) in [5.74, 6) is 3.42. The second-order valence-corrected chi connectivity index (χ2v) is 11.7. The van der Waals surface area contributed by atoms with Crippen LogP contribution in [0.25, 0.3) is 32.7 Å². The Kier molecular flexibility index (Phi) is 5.05. The van der Waals surface area contributed by atoms with Crippen molar-refractivity contribution in [3.63, 3.8) is 0 Å². The predicted octanol–water partition coefficient (Wildman–Crippen LogP) is 8.94. The summed E-state index contributed by atoms with van der Waals surface area (Å²) < 4.78 is 19.6. The van der Waals surface area contributed by atoms with Gasteiger partial charge in [0.1, 0.15) is 34.2 Å². The number of para-hydroxylation sites is 3. The van der Waals surface area contributed by atoms with Crippen LogP contribution in [0.3, 0.4) is 0 Å². The molecule has 1 aromatic heterocycles. The second-order valence-electron chi connectivity index (χ2n) is 11.7. The lowest BCUT2D eigenvalue weighted by Gasteiger charge is -2.32. The number of ether oxygens (including phenoxy) is 2. The first-order valence-electron chi connectivity index (χ1n) is 15.2. The Bertz CT molecular complexity index is 2410. The molecule has 0 saturated carbocycles. The van der Waals surface area contributed by atoms with Crippen molar-refractivity contribution in [3.05, 3.63) is 146 Å². The molecule has 0 amide bonds. The minimum atomic E-state index is 0.00349. The largest absolute Gasteiger partial charge is 0.458 e. The molecule has 0 aliphatic carbocycles. The summed E-state index contributed by atoms with van der Waals surface area (Å²) in [4.78, 5) is 2.28. The Balaban J connectivity index is 1.15. The number of hydrogen-bond donors (Lipinski definition) is 0. The minimum absolute atomic E-state index is 0.00349. The lowest BCUT2D eigenvalue weighted by atomic mass is 9.35. The number of hydrogen-bond acceptors (Lipinski definition) is 4. The topological polar surface area (TPSA) is 34.8 Å². The Hall–Kier alpha value is -5.94. The molecule has 0 fully saturated rings. The van der Waals surface area contributed by atoms with Gasteiger partial charge in [0.05, 0.1) is 0 Å². The van der Waals surface area contributed by atoms with E-state index in [0.717, 1.165) is 89.2 Å². The Morgan fingerprint density at radius 3 is 1.89 bits per heavy atom. The summed E-state index contributed by atoms with van der Waals surface area (Å²) in [5.41, 5.74) is 8.33. The third kappa shape index (κ3) is 3.61. The number of benzene rings is 7. The van der Waals surface area contributed by atoms with E-state index in [-0.39, 0.29) is 6.71 Å². The van der Waals surface area contributed by atoms with Gasteiger partial charge in [0, 0.05) is 38.7 Å². The van der Waals surface area contributed by atoms with Crippen LogP contribution in [0.2, 0.25) is 0 Å². The number of anilines is 3. The van der Waals surface area contributed by atoms with Gasteiger partial charge < -0.3 is 18.8 Å². The molecule has 0 N–H and O–H groups in total. The maximum absolute atomic E-state index is 6.72. The molecule has 0 bridgehead atoms. The first kappa shape index (κ1) is 24.5. The quantitative estimate of drug-likeness (QED) is 0.197. The van der Waals surface area contributed by atoms with Crippen molar-refractivity contribution in [3.8, 4) is 23.0 Å². The second kappa shape index (κ2) is 9.28. The van der Waals surface area contributed by atoms with Gasteiger partial charge in [-0.1, -0.05) is 66.7 Å². The third-order valence-corrected chi connectivity index (χ3v) is 9.15. The fraction of sp³-hybridized carbons (Fsp3) is 0. The third-order valence-electron chi connectivity index (χ3n) is 9.15. The molecule has 0 radical (unpaired) electrons. The van der Waals surface area contributed by atoms with Crippen LogP contribution in [0.5, 0.6) is 23.0 Å². The SMILES string of the molecule is c1ccc(N(c2ccccc2)c2ccc3c(ccc4c5cc6c(cc5oc34)B3c4ccccc4Oc4cccc(c43)O6)c2)cc1. The highest BCUT2D eigenvalue weighted by Crippen LogP contribution is 2.41. The summed E-state index contributed by atoms with van der Waals surface area (Å²) in [6.07, 6.45) is 0. The van der Waals surface area contributed by atoms with Crippen molar-refractivity contribution in [2.45, 2.75) is 0 Å². The van der Waals surface area contributed by atoms with E-state index in [1.54, 1.807) is 0 Å². The van der Waals surface area contributed by atoms with Crippen LogP contribution in [0, 0.1) is 0 Å². The van der Waals surface area contributed by atoms with Gasteiger partial charge in [-0.15, -0.1) is 0 Å².